The quantitative estimate of drug-likeness (QED) is 0.727. The second-order valence-electron chi connectivity index (χ2n) is 8.00. The van der Waals surface area contributed by atoms with Gasteiger partial charge < -0.3 is 14.9 Å². The Morgan fingerprint density at radius 1 is 1.36 bits per heavy atom. The summed E-state index contributed by atoms with van der Waals surface area (Å²) in [6.45, 7) is 2.45. The van der Waals surface area contributed by atoms with Crippen LogP contribution >= 0.6 is 22.9 Å². The highest BCUT2D eigenvalue weighted by atomic mass is 35.5. The number of carboxylic acids is 1. The SMILES string of the molecule is Cc1ccc(OC[C@@H]2[C@H]3CC[C@H](c4nc(C(=O)O)cs4)C[C@H]3C[C@@H]2O)cc1Cl. The number of fused-ring (bicyclic) bond motifs is 1. The Kier molecular flexibility index (Phi) is 5.63. The third-order valence-electron chi connectivity index (χ3n) is 6.31. The molecule has 0 unspecified atom stereocenters. The van der Waals surface area contributed by atoms with Crippen LogP contribution in [0.1, 0.15) is 52.7 Å². The molecule has 0 saturated heterocycles. The van der Waals surface area contributed by atoms with Crippen molar-refractivity contribution < 1.29 is 19.7 Å². The van der Waals surface area contributed by atoms with Crippen LogP contribution in [0.2, 0.25) is 5.02 Å². The molecule has 0 amide bonds. The second-order valence-corrected chi connectivity index (χ2v) is 9.30. The summed E-state index contributed by atoms with van der Waals surface area (Å²) in [5.41, 5.74) is 1.15. The van der Waals surface area contributed by atoms with E-state index in [-0.39, 0.29) is 17.7 Å². The lowest BCUT2D eigenvalue weighted by atomic mass is 9.73. The number of hydrogen-bond donors (Lipinski definition) is 2. The van der Waals surface area contributed by atoms with Crippen molar-refractivity contribution in [1.82, 2.24) is 4.98 Å². The van der Waals surface area contributed by atoms with E-state index in [1.54, 1.807) is 5.38 Å². The summed E-state index contributed by atoms with van der Waals surface area (Å²) in [5, 5.41) is 22.9. The van der Waals surface area contributed by atoms with Crippen LogP contribution in [0.3, 0.4) is 0 Å². The van der Waals surface area contributed by atoms with Gasteiger partial charge in [-0.25, -0.2) is 9.78 Å². The minimum atomic E-state index is -0.971. The molecular weight excluding hydrogens is 398 g/mol. The molecule has 0 bridgehead atoms. The Labute approximate surface area is 173 Å². The van der Waals surface area contributed by atoms with Crippen LogP contribution in [0.25, 0.3) is 0 Å². The van der Waals surface area contributed by atoms with E-state index in [1.807, 2.05) is 25.1 Å². The lowest BCUT2D eigenvalue weighted by Gasteiger charge is -2.33. The van der Waals surface area contributed by atoms with E-state index in [2.05, 4.69) is 4.98 Å². The summed E-state index contributed by atoms with van der Waals surface area (Å²) in [7, 11) is 0. The number of hydrogen-bond acceptors (Lipinski definition) is 5. The lowest BCUT2D eigenvalue weighted by molar-refractivity contribution is 0.0689. The molecule has 28 heavy (non-hydrogen) atoms. The molecule has 150 valence electrons. The lowest BCUT2D eigenvalue weighted by Crippen LogP contribution is -2.29. The topological polar surface area (TPSA) is 79.7 Å². The predicted octanol–water partition coefficient (Wildman–Crippen LogP) is 4.76. The van der Waals surface area contributed by atoms with Crippen molar-refractivity contribution in [3.8, 4) is 5.75 Å². The molecule has 2 N–H and O–H groups in total. The summed E-state index contributed by atoms with van der Waals surface area (Å²) in [6.07, 6.45) is 3.37. The van der Waals surface area contributed by atoms with E-state index in [1.165, 1.54) is 11.3 Å². The molecule has 5 nitrogen and oxygen atoms in total. The van der Waals surface area contributed by atoms with Gasteiger partial charge in [0, 0.05) is 22.2 Å². The standard InChI is InChI=1S/C21H24ClNO4S/c1-11-2-4-14(8-17(11)22)27-9-16-15-5-3-12(6-13(15)7-19(16)24)20-23-18(10-28-20)21(25)26/h2,4,8,10,12-13,15-16,19,24H,3,5-7,9H2,1H3,(H,25,26)/t12-,13-,15-,16+,19-/m0/s1. The molecule has 5 atom stereocenters. The first-order valence-electron chi connectivity index (χ1n) is 9.68. The van der Waals surface area contributed by atoms with E-state index in [0.717, 1.165) is 42.0 Å². The highest BCUT2D eigenvalue weighted by Crippen LogP contribution is 2.50. The molecule has 7 heteroatoms. The highest BCUT2D eigenvalue weighted by Gasteiger charge is 2.46. The zero-order valence-corrected chi connectivity index (χ0v) is 17.2. The number of aliphatic hydroxyl groups is 1. The fraction of sp³-hybridized carbons (Fsp3) is 0.524. The molecular formula is C21H24ClNO4S. The molecule has 0 aliphatic heterocycles. The van der Waals surface area contributed by atoms with Gasteiger partial charge in [0.15, 0.2) is 5.69 Å². The molecule has 0 spiro atoms. The van der Waals surface area contributed by atoms with Crippen molar-refractivity contribution in [3.05, 3.63) is 44.9 Å². The van der Waals surface area contributed by atoms with Crippen LogP contribution in [0.15, 0.2) is 23.6 Å². The number of nitrogens with zero attached hydrogens (tertiary/aromatic N) is 1. The number of ether oxygens (including phenoxy) is 1. The maximum atomic E-state index is 11.1. The van der Waals surface area contributed by atoms with E-state index >= 15 is 0 Å². The van der Waals surface area contributed by atoms with Gasteiger partial charge in [-0.05, 0) is 62.1 Å². The van der Waals surface area contributed by atoms with Crippen LogP contribution in [0.4, 0.5) is 0 Å². The van der Waals surface area contributed by atoms with E-state index in [9.17, 15) is 9.90 Å². The molecule has 1 aromatic carbocycles. The number of aryl methyl sites for hydroxylation is 1. The molecule has 0 radical (unpaired) electrons. The summed E-state index contributed by atoms with van der Waals surface area (Å²) < 4.78 is 5.97. The highest BCUT2D eigenvalue weighted by molar-refractivity contribution is 7.09. The second kappa shape index (κ2) is 8.01. The first-order valence-corrected chi connectivity index (χ1v) is 10.9. The Morgan fingerprint density at radius 3 is 2.89 bits per heavy atom. The van der Waals surface area contributed by atoms with Gasteiger partial charge in [-0.1, -0.05) is 17.7 Å². The monoisotopic (exact) mass is 421 g/mol. The Hall–Kier alpha value is -1.63. The summed E-state index contributed by atoms with van der Waals surface area (Å²) in [6, 6.07) is 5.69. The number of aromatic carboxylic acids is 1. The Bertz CT molecular complexity index is 870. The van der Waals surface area contributed by atoms with Gasteiger partial charge in [-0.3, -0.25) is 0 Å². The molecule has 2 aliphatic rings. The van der Waals surface area contributed by atoms with Gasteiger partial charge in [0.05, 0.1) is 17.7 Å². The first kappa shape index (κ1) is 19.7. The van der Waals surface area contributed by atoms with Crippen molar-refractivity contribution >= 4 is 28.9 Å². The average Bonchev–Trinajstić information content (AvgIpc) is 3.27. The smallest absolute Gasteiger partial charge is 0.355 e. The number of rotatable bonds is 5. The van der Waals surface area contributed by atoms with Crippen molar-refractivity contribution in [2.75, 3.05) is 6.61 Å². The van der Waals surface area contributed by atoms with Crippen LogP contribution in [-0.2, 0) is 0 Å². The van der Waals surface area contributed by atoms with Gasteiger partial charge >= 0.3 is 5.97 Å². The number of thiazole rings is 1. The van der Waals surface area contributed by atoms with Gasteiger partial charge in [0.2, 0.25) is 0 Å². The Morgan fingerprint density at radius 2 is 2.18 bits per heavy atom. The number of carbonyl (C=O) groups is 1. The van der Waals surface area contributed by atoms with E-state index in [4.69, 9.17) is 21.4 Å². The summed E-state index contributed by atoms with van der Waals surface area (Å²) in [5.74, 6) is 1.05. The van der Waals surface area contributed by atoms with Gasteiger partial charge in [-0.2, -0.15) is 0 Å². The third-order valence-corrected chi connectivity index (χ3v) is 7.72. The van der Waals surface area contributed by atoms with Gasteiger partial charge in [0.25, 0.3) is 0 Å². The van der Waals surface area contributed by atoms with Crippen LogP contribution in [0, 0.1) is 24.7 Å². The molecule has 2 aliphatic carbocycles. The largest absolute Gasteiger partial charge is 0.493 e. The fourth-order valence-corrected chi connectivity index (χ4v) is 5.89. The molecule has 4 rings (SSSR count). The fourth-order valence-electron chi connectivity index (χ4n) is 4.78. The number of aliphatic hydroxyl groups excluding tert-OH is 1. The van der Waals surface area contributed by atoms with Crippen molar-refractivity contribution in [2.24, 2.45) is 17.8 Å². The third kappa shape index (κ3) is 3.91. The molecule has 2 fully saturated rings. The van der Waals surface area contributed by atoms with Gasteiger partial charge in [0.1, 0.15) is 5.75 Å². The molecule has 1 heterocycles. The number of benzene rings is 1. The van der Waals surface area contributed by atoms with Crippen LogP contribution in [-0.4, -0.2) is 33.9 Å². The molecule has 1 aromatic heterocycles. The van der Waals surface area contributed by atoms with Crippen molar-refractivity contribution in [2.45, 2.75) is 44.6 Å². The van der Waals surface area contributed by atoms with Crippen LogP contribution < -0.4 is 4.74 Å². The van der Waals surface area contributed by atoms with E-state index < -0.39 is 5.97 Å². The number of halogens is 1. The normalized spacial score (nSPS) is 29.5. The van der Waals surface area contributed by atoms with Gasteiger partial charge in [-0.15, -0.1) is 11.3 Å². The maximum Gasteiger partial charge on any atom is 0.355 e. The Balaban J connectivity index is 1.39. The maximum absolute atomic E-state index is 11.1. The van der Waals surface area contributed by atoms with Crippen LogP contribution in [0.5, 0.6) is 5.75 Å². The van der Waals surface area contributed by atoms with Crippen molar-refractivity contribution in [1.29, 1.82) is 0 Å². The van der Waals surface area contributed by atoms with E-state index in [0.29, 0.717) is 29.4 Å². The molecule has 2 aromatic rings. The first-order chi connectivity index (χ1) is 13.4. The minimum Gasteiger partial charge on any atom is -0.493 e. The summed E-state index contributed by atoms with van der Waals surface area (Å²) >= 11 is 7.61. The number of aromatic nitrogens is 1. The summed E-state index contributed by atoms with van der Waals surface area (Å²) in [4.78, 5) is 15.4. The van der Waals surface area contributed by atoms with Crippen molar-refractivity contribution in [3.63, 3.8) is 0 Å². The zero-order valence-electron chi connectivity index (χ0n) is 15.7. The average molecular weight is 422 g/mol. The predicted molar refractivity (Wildman–Crippen MR) is 108 cm³/mol. The zero-order chi connectivity index (χ0) is 19.8. The molecule has 2 saturated carbocycles. The number of carboxylic acid groups (broad SMARTS) is 1. The minimum absolute atomic E-state index is 0.122.